The maximum Gasteiger partial charge on any atom is 0.219 e. The number of piperidine rings is 3. The number of fused-ring (bicyclic) bond motifs is 2. The van der Waals surface area contributed by atoms with Crippen molar-refractivity contribution < 1.29 is 4.79 Å². The SMILES string of the molecule is CC(=O)N1CCCC2=C(CC3CCCC(CC4=C5CCCN(C)[C@@H]5C[C@@H](C)C4)N3)C[C@H](C)C[C@@H]21. The van der Waals surface area contributed by atoms with Crippen LogP contribution in [0.15, 0.2) is 22.3 Å². The van der Waals surface area contributed by atoms with E-state index in [2.05, 4.69) is 36.0 Å². The molecule has 3 saturated heterocycles. The standard InChI is InChI=1S/C30H49N3O/c1-20-14-23(27-10-6-12-32(4)29(27)16-20)18-25-8-5-9-26(31-25)19-24-15-21(2)17-30-28(24)11-7-13-33(30)22(3)34/h20-21,25-26,29-31H,5-19H2,1-4H3/t20-,21-,25?,26?,29+,30-/m0/s1. The van der Waals surface area contributed by atoms with E-state index in [0.29, 0.717) is 24.0 Å². The summed E-state index contributed by atoms with van der Waals surface area (Å²) in [6.45, 7) is 8.87. The molecule has 6 atom stereocenters. The van der Waals surface area contributed by atoms with Crippen molar-refractivity contribution in [2.45, 2.75) is 128 Å². The topological polar surface area (TPSA) is 35.6 Å². The summed E-state index contributed by atoms with van der Waals surface area (Å²) in [5.41, 5.74) is 6.97. The molecule has 0 saturated carbocycles. The summed E-state index contributed by atoms with van der Waals surface area (Å²) in [6, 6.07) is 2.38. The number of likely N-dealkylation sites (N-methyl/N-ethyl adjacent to an activating group) is 1. The fourth-order valence-corrected chi connectivity index (χ4v) is 8.34. The summed E-state index contributed by atoms with van der Waals surface area (Å²) < 4.78 is 0. The first-order valence-electron chi connectivity index (χ1n) is 14.5. The molecule has 5 aliphatic rings. The molecule has 0 bridgehead atoms. The summed E-state index contributed by atoms with van der Waals surface area (Å²) in [5, 5.41) is 4.15. The average Bonchev–Trinajstić information content (AvgIpc) is 2.79. The molecule has 2 unspecified atom stereocenters. The Kier molecular flexibility index (Phi) is 7.56. The predicted molar refractivity (Wildman–Crippen MR) is 141 cm³/mol. The number of nitrogens with one attached hydrogen (secondary N) is 1. The number of likely N-dealkylation sites (tertiary alicyclic amines) is 2. The van der Waals surface area contributed by atoms with Crippen LogP contribution in [0.5, 0.6) is 0 Å². The van der Waals surface area contributed by atoms with Gasteiger partial charge in [-0.3, -0.25) is 9.69 Å². The molecule has 0 aromatic carbocycles. The van der Waals surface area contributed by atoms with Gasteiger partial charge in [-0.25, -0.2) is 0 Å². The molecule has 0 aromatic heterocycles. The number of nitrogens with zero attached hydrogens (tertiary/aromatic N) is 2. The monoisotopic (exact) mass is 467 g/mol. The largest absolute Gasteiger partial charge is 0.336 e. The molecule has 0 aromatic rings. The van der Waals surface area contributed by atoms with Gasteiger partial charge in [0.1, 0.15) is 0 Å². The number of carbonyl (C=O) groups is 1. The van der Waals surface area contributed by atoms with E-state index in [1.54, 1.807) is 18.1 Å². The van der Waals surface area contributed by atoms with E-state index in [-0.39, 0.29) is 5.91 Å². The Morgan fingerprint density at radius 2 is 1.41 bits per heavy atom. The normalized spacial score (nSPS) is 37.5. The molecule has 2 aliphatic carbocycles. The lowest BCUT2D eigenvalue weighted by Gasteiger charge is -2.44. The van der Waals surface area contributed by atoms with Crippen LogP contribution in [0.3, 0.4) is 0 Å². The van der Waals surface area contributed by atoms with E-state index in [1.807, 2.05) is 11.1 Å². The molecule has 3 fully saturated rings. The molecule has 3 aliphatic heterocycles. The maximum absolute atomic E-state index is 12.3. The van der Waals surface area contributed by atoms with Gasteiger partial charge in [0.25, 0.3) is 0 Å². The third-order valence-electron chi connectivity index (χ3n) is 9.83. The van der Waals surface area contributed by atoms with Gasteiger partial charge < -0.3 is 10.2 Å². The van der Waals surface area contributed by atoms with Crippen LogP contribution < -0.4 is 5.32 Å². The Labute approximate surface area is 208 Å². The van der Waals surface area contributed by atoms with Gasteiger partial charge in [-0.15, -0.1) is 0 Å². The fourth-order valence-electron chi connectivity index (χ4n) is 8.34. The Bertz CT molecular complexity index is 829. The van der Waals surface area contributed by atoms with Gasteiger partial charge in [0.2, 0.25) is 5.91 Å². The van der Waals surface area contributed by atoms with Crippen molar-refractivity contribution in [1.29, 1.82) is 0 Å². The maximum atomic E-state index is 12.3. The predicted octanol–water partition coefficient (Wildman–Crippen LogP) is 5.84. The van der Waals surface area contributed by atoms with Gasteiger partial charge >= 0.3 is 0 Å². The van der Waals surface area contributed by atoms with Crippen molar-refractivity contribution in [3.63, 3.8) is 0 Å². The highest BCUT2D eigenvalue weighted by Crippen LogP contribution is 2.42. The zero-order valence-electron chi connectivity index (χ0n) is 22.4. The van der Waals surface area contributed by atoms with Gasteiger partial charge in [-0.2, -0.15) is 0 Å². The van der Waals surface area contributed by atoms with Crippen molar-refractivity contribution >= 4 is 5.91 Å². The molecule has 34 heavy (non-hydrogen) atoms. The van der Waals surface area contributed by atoms with Crippen LogP contribution in [0.2, 0.25) is 0 Å². The minimum absolute atomic E-state index is 0.273. The second-order valence-electron chi connectivity index (χ2n) is 12.7. The highest BCUT2D eigenvalue weighted by atomic mass is 16.2. The number of carbonyl (C=O) groups excluding carboxylic acids is 1. The number of hydrogen-bond donors (Lipinski definition) is 1. The number of rotatable bonds is 4. The third-order valence-corrected chi connectivity index (χ3v) is 9.83. The molecule has 190 valence electrons. The van der Waals surface area contributed by atoms with Crippen LogP contribution in [0.1, 0.15) is 104 Å². The zero-order chi connectivity index (χ0) is 23.8. The van der Waals surface area contributed by atoms with Crippen molar-refractivity contribution in [1.82, 2.24) is 15.1 Å². The molecular formula is C30H49N3O. The van der Waals surface area contributed by atoms with E-state index >= 15 is 0 Å². The van der Waals surface area contributed by atoms with Crippen LogP contribution in [-0.2, 0) is 4.79 Å². The summed E-state index contributed by atoms with van der Waals surface area (Å²) in [4.78, 5) is 17.1. The minimum atomic E-state index is 0.273. The highest BCUT2D eigenvalue weighted by Gasteiger charge is 2.37. The first kappa shape index (κ1) is 24.6. The molecule has 3 heterocycles. The smallest absolute Gasteiger partial charge is 0.219 e. The van der Waals surface area contributed by atoms with Crippen LogP contribution in [0.25, 0.3) is 0 Å². The van der Waals surface area contributed by atoms with Gasteiger partial charge in [-0.1, -0.05) is 37.0 Å². The molecule has 1 amide bonds. The van der Waals surface area contributed by atoms with E-state index in [4.69, 9.17) is 0 Å². The quantitative estimate of drug-likeness (QED) is 0.528. The van der Waals surface area contributed by atoms with E-state index in [9.17, 15) is 4.79 Å². The second-order valence-corrected chi connectivity index (χ2v) is 12.7. The fraction of sp³-hybridized carbons (Fsp3) is 0.833. The first-order valence-corrected chi connectivity index (χ1v) is 14.5. The van der Waals surface area contributed by atoms with Crippen molar-refractivity contribution in [2.75, 3.05) is 20.1 Å². The Hall–Kier alpha value is -1.13. The highest BCUT2D eigenvalue weighted by molar-refractivity contribution is 5.74. The van der Waals surface area contributed by atoms with Crippen LogP contribution >= 0.6 is 0 Å². The summed E-state index contributed by atoms with van der Waals surface area (Å²) in [7, 11) is 2.35. The minimum Gasteiger partial charge on any atom is -0.336 e. The summed E-state index contributed by atoms with van der Waals surface area (Å²) in [6.07, 6.45) is 16.7. The molecule has 1 N–H and O–H groups in total. The Morgan fingerprint density at radius 3 is 2.03 bits per heavy atom. The van der Waals surface area contributed by atoms with Crippen LogP contribution in [0.4, 0.5) is 0 Å². The molecule has 0 spiro atoms. The van der Waals surface area contributed by atoms with Gasteiger partial charge in [-0.05, 0) is 108 Å². The molecule has 4 heteroatoms. The Balaban J connectivity index is 1.28. The molecule has 5 rings (SSSR count). The van der Waals surface area contributed by atoms with E-state index in [1.165, 1.54) is 83.6 Å². The third kappa shape index (κ3) is 5.19. The molecular weight excluding hydrogens is 418 g/mol. The van der Waals surface area contributed by atoms with E-state index < -0.39 is 0 Å². The lowest BCUT2D eigenvalue weighted by molar-refractivity contribution is -0.131. The molecule has 0 radical (unpaired) electrons. The van der Waals surface area contributed by atoms with Gasteiger partial charge in [0, 0.05) is 31.6 Å². The molecule has 4 nitrogen and oxygen atoms in total. The summed E-state index contributed by atoms with van der Waals surface area (Å²) in [5.74, 6) is 1.79. The first-order chi connectivity index (χ1) is 16.4. The van der Waals surface area contributed by atoms with Gasteiger partial charge in [0.15, 0.2) is 0 Å². The lowest BCUT2D eigenvalue weighted by atomic mass is 9.74. The van der Waals surface area contributed by atoms with Crippen LogP contribution in [-0.4, -0.2) is 60.0 Å². The Morgan fingerprint density at radius 1 is 0.853 bits per heavy atom. The number of amides is 1. The van der Waals surface area contributed by atoms with Crippen molar-refractivity contribution in [3.05, 3.63) is 22.3 Å². The van der Waals surface area contributed by atoms with E-state index in [0.717, 1.165) is 24.9 Å². The van der Waals surface area contributed by atoms with Crippen LogP contribution in [0, 0.1) is 11.8 Å². The lowest BCUT2D eigenvalue weighted by Crippen LogP contribution is -2.48. The van der Waals surface area contributed by atoms with Crippen molar-refractivity contribution in [3.8, 4) is 0 Å². The average molecular weight is 468 g/mol. The number of hydrogen-bond acceptors (Lipinski definition) is 3. The van der Waals surface area contributed by atoms with Gasteiger partial charge in [0.05, 0.1) is 6.04 Å². The summed E-state index contributed by atoms with van der Waals surface area (Å²) >= 11 is 0. The second kappa shape index (κ2) is 10.5. The zero-order valence-corrected chi connectivity index (χ0v) is 22.4. The van der Waals surface area contributed by atoms with Crippen molar-refractivity contribution in [2.24, 2.45) is 11.8 Å².